The van der Waals surface area contributed by atoms with Gasteiger partial charge in [0.05, 0.1) is 4.88 Å². The molecule has 1 aromatic heterocycles. The zero-order valence-electron chi connectivity index (χ0n) is 13.4. The van der Waals surface area contributed by atoms with Gasteiger partial charge in [-0.3, -0.25) is 4.79 Å². The van der Waals surface area contributed by atoms with E-state index >= 15 is 0 Å². The maximum absolute atomic E-state index is 12.3. The third-order valence-corrected chi connectivity index (χ3v) is 4.74. The van der Waals surface area contributed by atoms with E-state index in [1.54, 1.807) is 0 Å². The van der Waals surface area contributed by atoms with Crippen LogP contribution in [0.25, 0.3) is 10.1 Å². The SMILES string of the molecule is CN(C)Cc1ccc(CNC(=O)c2cc3ccccc3s2)cc1. The van der Waals surface area contributed by atoms with Crippen molar-refractivity contribution in [2.24, 2.45) is 0 Å². The molecule has 0 bridgehead atoms. The molecular formula is C19H20N2OS. The zero-order chi connectivity index (χ0) is 16.2. The molecule has 3 rings (SSSR count). The van der Waals surface area contributed by atoms with Crippen LogP contribution < -0.4 is 5.32 Å². The molecule has 2 aromatic carbocycles. The van der Waals surface area contributed by atoms with E-state index in [-0.39, 0.29) is 5.91 Å². The van der Waals surface area contributed by atoms with Gasteiger partial charge in [-0.05, 0) is 42.7 Å². The lowest BCUT2D eigenvalue weighted by Gasteiger charge is -2.10. The van der Waals surface area contributed by atoms with E-state index in [4.69, 9.17) is 0 Å². The maximum atomic E-state index is 12.3. The highest BCUT2D eigenvalue weighted by atomic mass is 32.1. The summed E-state index contributed by atoms with van der Waals surface area (Å²) >= 11 is 1.53. The molecule has 1 heterocycles. The van der Waals surface area contributed by atoms with Crippen molar-refractivity contribution >= 4 is 27.3 Å². The lowest BCUT2D eigenvalue weighted by molar-refractivity contribution is 0.0955. The van der Waals surface area contributed by atoms with Crippen molar-refractivity contribution in [2.45, 2.75) is 13.1 Å². The molecule has 0 aliphatic heterocycles. The molecule has 0 saturated carbocycles. The highest BCUT2D eigenvalue weighted by Crippen LogP contribution is 2.25. The fourth-order valence-corrected chi connectivity index (χ4v) is 3.47. The van der Waals surface area contributed by atoms with E-state index < -0.39 is 0 Å². The van der Waals surface area contributed by atoms with E-state index in [0.717, 1.165) is 27.1 Å². The number of amides is 1. The van der Waals surface area contributed by atoms with Crippen LogP contribution in [0.1, 0.15) is 20.8 Å². The van der Waals surface area contributed by atoms with Crippen molar-refractivity contribution in [3.8, 4) is 0 Å². The number of nitrogens with zero attached hydrogens (tertiary/aromatic N) is 1. The molecule has 3 nitrogen and oxygen atoms in total. The first-order chi connectivity index (χ1) is 11.1. The predicted molar refractivity (Wildman–Crippen MR) is 96.8 cm³/mol. The van der Waals surface area contributed by atoms with Gasteiger partial charge in [0.15, 0.2) is 0 Å². The van der Waals surface area contributed by atoms with Crippen LogP contribution in [0.4, 0.5) is 0 Å². The normalized spacial score (nSPS) is 11.1. The Hall–Kier alpha value is -2.17. The van der Waals surface area contributed by atoms with Crippen LogP contribution in [0.15, 0.2) is 54.6 Å². The summed E-state index contributed by atoms with van der Waals surface area (Å²) in [5.74, 6) is -0.0106. The van der Waals surface area contributed by atoms with Crippen molar-refractivity contribution in [3.63, 3.8) is 0 Å². The van der Waals surface area contributed by atoms with E-state index in [1.807, 2.05) is 30.3 Å². The lowest BCUT2D eigenvalue weighted by Crippen LogP contribution is -2.21. The molecule has 3 aromatic rings. The number of hydrogen-bond acceptors (Lipinski definition) is 3. The number of thiophene rings is 1. The molecule has 1 amide bonds. The second kappa shape index (κ2) is 6.94. The molecule has 0 saturated heterocycles. The molecular weight excluding hydrogens is 304 g/mol. The standard InChI is InChI=1S/C19H20N2OS/c1-21(2)13-15-9-7-14(8-10-15)12-20-19(22)18-11-16-5-3-4-6-17(16)23-18/h3-11H,12-13H2,1-2H3,(H,20,22). The highest BCUT2D eigenvalue weighted by Gasteiger charge is 2.09. The van der Waals surface area contributed by atoms with Crippen LogP contribution in [0, 0.1) is 0 Å². The van der Waals surface area contributed by atoms with Crippen molar-refractivity contribution in [1.82, 2.24) is 10.2 Å². The van der Waals surface area contributed by atoms with Crippen LogP contribution in [0.2, 0.25) is 0 Å². The molecule has 0 aliphatic rings. The Morgan fingerprint density at radius 3 is 2.43 bits per heavy atom. The summed E-state index contributed by atoms with van der Waals surface area (Å²) in [6, 6.07) is 18.4. The van der Waals surface area contributed by atoms with Gasteiger partial charge in [-0.15, -0.1) is 11.3 Å². The third-order valence-electron chi connectivity index (χ3n) is 3.62. The summed E-state index contributed by atoms with van der Waals surface area (Å²) in [6.07, 6.45) is 0. The first-order valence-corrected chi connectivity index (χ1v) is 8.43. The van der Waals surface area contributed by atoms with Gasteiger partial charge < -0.3 is 10.2 Å². The molecule has 118 valence electrons. The predicted octanol–water partition coefficient (Wildman–Crippen LogP) is 3.89. The van der Waals surface area contributed by atoms with Crippen molar-refractivity contribution in [1.29, 1.82) is 0 Å². The number of rotatable bonds is 5. The third kappa shape index (κ3) is 3.97. The van der Waals surface area contributed by atoms with Gasteiger partial charge in [0.25, 0.3) is 5.91 Å². The Morgan fingerprint density at radius 2 is 1.74 bits per heavy atom. The summed E-state index contributed by atoms with van der Waals surface area (Å²) < 4.78 is 1.14. The number of hydrogen-bond donors (Lipinski definition) is 1. The van der Waals surface area contributed by atoms with Crippen LogP contribution in [0.3, 0.4) is 0 Å². The van der Waals surface area contributed by atoms with E-state index in [0.29, 0.717) is 6.54 Å². The summed E-state index contributed by atoms with van der Waals surface area (Å²) in [7, 11) is 4.11. The molecule has 0 unspecified atom stereocenters. The van der Waals surface area contributed by atoms with Gasteiger partial charge in [-0.25, -0.2) is 0 Å². The van der Waals surface area contributed by atoms with Gasteiger partial charge in [-0.2, -0.15) is 0 Å². The average Bonchev–Trinajstić information content (AvgIpc) is 2.97. The second-order valence-electron chi connectivity index (χ2n) is 5.89. The topological polar surface area (TPSA) is 32.3 Å². The van der Waals surface area contributed by atoms with E-state index in [9.17, 15) is 4.79 Å². The quantitative estimate of drug-likeness (QED) is 0.772. The van der Waals surface area contributed by atoms with Gasteiger partial charge in [0.1, 0.15) is 0 Å². The lowest BCUT2D eigenvalue weighted by atomic mass is 10.1. The number of carbonyl (C=O) groups is 1. The van der Waals surface area contributed by atoms with Crippen molar-refractivity contribution < 1.29 is 4.79 Å². The van der Waals surface area contributed by atoms with Crippen LogP contribution in [-0.4, -0.2) is 24.9 Å². The molecule has 0 radical (unpaired) electrons. The number of nitrogens with one attached hydrogen (secondary N) is 1. The smallest absolute Gasteiger partial charge is 0.261 e. The molecule has 1 N–H and O–H groups in total. The van der Waals surface area contributed by atoms with Crippen LogP contribution >= 0.6 is 11.3 Å². The summed E-state index contributed by atoms with van der Waals surface area (Å²) in [5, 5.41) is 4.12. The van der Waals surface area contributed by atoms with E-state index in [1.165, 1.54) is 16.9 Å². The second-order valence-corrected chi connectivity index (χ2v) is 6.97. The van der Waals surface area contributed by atoms with Gasteiger partial charge in [0, 0.05) is 17.8 Å². The number of carbonyl (C=O) groups excluding carboxylic acids is 1. The Balaban J connectivity index is 1.62. The summed E-state index contributed by atoms with van der Waals surface area (Å²) in [5.41, 5.74) is 2.39. The van der Waals surface area contributed by atoms with Crippen molar-refractivity contribution in [3.05, 3.63) is 70.6 Å². The largest absolute Gasteiger partial charge is 0.347 e. The molecule has 0 aliphatic carbocycles. The fraction of sp³-hybridized carbons (Fsp3) is 0.211. The molecule has 0 fully saturated rings. The summed E-state index contributed by atoms with van der Waals surface area (Å²) in [6.45, 7) is 1.48. The van der Waals surface area contributed by atoms with E-state index in [2.05, 4.69) is 48.6 Å². The van der Waals surface area contributed by atoms with Crippen LogP contribution in [-0.2, 0) is 13.1 Å². The first kappa shape index (κ1) is 15.7. The minimum Gasteiger partial charge on any atom is -0.347 e. The van der Waals surface area contributed by atoms with Gasteiger partial charge in [0.2, 0.25) is 0 Å². The average molecular weight is 324 g/mol. The number of benzene rings is 2. The molecule has 4 heteroatoms. The minimum absolute atomic E-state index is 0.0106. The monoisotopic (exact) mass is 324 g/mol. The Bertz CT molecular complexity index is 773. The van der Waals surface area contributed by atoms with Crippen LogP contribution in [0.5, 0.6) is 0 Å². The van der Waals surface area contributed by atoms with Gasteiger partial charge in [-0.1, -0.05) is 42.5 Å². The summed E-state index contributed by atoms with van der Waals surface area (Å²) in [4.78, 5) is 15.2. The Labute approximate surface area is 140 Å². The Kier molecular flexibility index (Phi) is 4.74. The first-order valence-electron chi connectivity index (χ1n) is 7.61. The number of fused-ring (bicyclic) bond motifs is 1. The maximum Gasteiger partial charge on any atom is 0.261 e. The highest BCUT2D eigenvalue weighted by molar-refractivity contribution is 7.20. The molecule has 0 spiro atoms. The molecule has 23 heavy (non-hydrogen) atoms. The van der Waals surface area contributed by atoms with Crippen molar-refractivity contribution in [2.75, 3.05) is 14.1 Å². The Morgan fingerprint density at radius 1 is 1.04 bits per heavy atom. The molecule has 0 atom stereocenters. The fourth-order valence-electron chi connectivity index (χ4n) is 2.49. The zero-order valence-corrected chi connectivity index (χ0v) is 14.2. The minimum atomic E-state index is -0.0106. The van der Waals surface area contributed by atoms with Gasteiger partial charge >= 0.3 is 0 Å².